The highest BCUT2D eigenvalue weighted by atomic mass is 32.1. The molecule has 0 radical (unpaired) electrons. The summed E-state index contributed by atoms with van der Waals surface area (Å²) in [5.41, 5.74) is 1.63. The van der Waals surface area contributed by atoms with Crippen LogP contribution in [-0.2, 0) is 9.53 Å². The first-order valence-electron chi connectivity index (χ1n) is 9.42. The number of carbonyl (C=O) groups is 2. The van der Waals surface area contributed by atoms with Crippen LogP contribution in [0.25, 0.3) is 6.08 Å². The third kappa shape index (κ3) is 6.19. The van der Waals surface area contributed by atoms with E-state index in [1.165, 1.54) is 6.08 Å². The zero-order chi connectivity index (χ0) is 21.2. The molecular weight excluding hydrogens is 388 g/mol. The molecule has 0 aliphatic carbocycles. The fraction of sp³-hybridized carbons (Fsp3) is 0.318. The number of benzene rings is 1. The number of nitriles is 1. The lowest BCUT2D eigenvalue weighted by molar-refractivity contribution is -0.111. The van der Waals surface area contributed by atoms with Gasteiger partial charge in [0.25, 0.3) is 0 Å². The van der Waals surface area contributed by atoms with Crippen molar-refractivity contribution in [3.63, 3.8) is 0 Å². The first-order chi connectivity index (χ1) is 14.0. The summed E-state index contributed by atoms with van der Waals surface area (Å²) in [6, 6.07) is 9.47. The molecule has 0 saturated heterocycles. The van der Waals surface area contributed by atoms with Gasteiger partial charge >= 0.3 is 5.97 Å². The molecule has 1 aromatic carbocycles. The van der Waals surface area contributed by atoms with Gasteiger partial charge in [0.05, 0.1) is 18.8 Å². The van der Waals surface area contributed by atoms with Crippen molar-refractivity contribution in [2.75, 3.05) is 18.5 Å². The molecule has 152 valence electrons. The van der Waals surface area contributed by atoms with E-state index >= 15 is 0 Å². The molecule has 1 amide bonds. The van der Waals surface area contributed by atoms with Crippen LogP contribution in [0.4, 0.5) is 5.00 Å². The van der Waals surface area contributed by atoms with Crippen molar-refractivity contribution in [3.8, 4) is 11.8 Å². The van der Waals surface area contributed by atoms with Crippen molar-refractivity contribution < 1.29 is 19.1 Å². The highest BCUT2D eigenvalue weighted by molar-refractivity contribution is 7.18. The Balaban J connectivity index is 2.04. The van der Waals surface area contributed by atoms with Crippen LogP contribution in [0.5, 0.6) is 5.75 Å². The highest BCUT2D eigenvalue weighted by Gasteiger charge is 2.21. The minimum atomic E-state index is -0.496. The van der Waals surface area contributed by atoms with Crippen LogP contribution in [0, 0.1) is 18.3 Å². The molecule has 1 heterocycles. The van der Waals surface area contributed by atoms with Gasteiger partial charge in [0.15, 0.2) is 0 Å². The van der Waals surface area contributed by atoms with E-state index in [-0.39, 0.29) is 18.1 Å². The van der Waals surface area contributed by atoms with Gasteiger partial charge in [-0.25, -0.2) is 4.79 Å². The lowest BCUT2D eigenvalue weighted by atomic mass is 10.1. The predicted octanol–water partition coefficient (Wildman–Crippen LogP) is 4.94. The largest absolute Gasteiger partial charge is 0.494 e. The van der Waals surface area contributed by atoms with Gasteiger partial charge in [-0.05, 0) is 49.6 Å². The number of carbonyl (C=O) groups excluding carboxylic acids is 2. The van der Waals surface area contributed by atoms with E-state index in [2.05, 4.69) is 12.2 Å². The Morgan fingerprint density at radius 1 is 1.24 bits per heavy atom. The predicted molar refractivity (Wildman–Crippen MR) is 114 cm³/mol. The minimum absolute atomic E-state index is 0.241. The van der Waals surface area contributed by atoms with Gasteiger partial charge in [0, 0.05) is 6.08 Å². The summed E-state index contributed by atoms with van der Waals surface area (Å²) < 4.78 is 10.6. The smallest absolute Gasteiger partial charge is 0.348 e. The average Bonchev–Trinajstić information content (AvgIpc) is 3.02. The van der Waals surface area contributed by atoms with Gasteiger partial charge in [-0.15, -0.1) is 11.3 Å². The van der Waals surface area contributed by atoms with Crippen molar-refractivity contribution in [1.82, 2.24) is 0 Å². The van der Waals surface area contributed by atoms with Crippen molar-refractivity contribution in [2.45, 2.75) is 33.6 Å². The molecule has 0 aliphatic rings. The molecule has 0 unspecified atom stereocenters. The maximum Gasteiger partial charge on any atom is 0.348 e. The SMILES string of the molecule is CCCCOc1ccc(/C=C/C(=O)Nc2sc(C(=O)OCC)c(C)c2C#N)cc1. The molecule has 1 N–H and O–H groups in total. The molecule has 2 aromatic rings. The van der Waals surface area contributed by atoms with Gasteiger partial charge < -0.3 is 14.8 Å². The van der Waals surface area contributed by atoms with E-state index in [4.69, 9.17) is 9.47 Å². The van der Waals surface area contributed by atoms with Gasteiger partial charge in [-0.1, -0.05) is 25.5 Å². The summed E-state index contributed by atoms with van der Waals surface area (Å²) in [5, 5.41) is 12.4. The van der Waals surface area contributed by atoms with Crippen LogP contribution in [0.2, 0.25) is 0 Å². The van der Waals surface area contributed by atoms with Gasteiger partial charge in [-0.3, -0.25) is 4.79 Å². The number of amides is 1. The molecule has 0 bridgehead atoms. The van der Waals surface area contributed by atoms with Crippen LogP contribution in [0.1, 0.15) is 53.1 Å². The fourth-order valence-electron chi connectivity index (χ4n) is 2.46. The number of hydrogen-bond acceptors (Lipinski definition) is 6. The topological polar surface area (TPSA) is 88.4 Å². The lowest BCUT2D eigenvalue weighted by Gasteiger charge is -2.05. The number of thiophene rings is 1. The second-order valence-electron chi connectivity index (χ2n) is 6.19. The van der Waals surface area contributed by atoms with Gasteiger partial charge in [-0.2, -0.15) is 5.26 Å². The van der Waals surface area contributed by atoms with E-state index in [9.17, 15) is 14.9 Å². The van der Waals surface area contributed by atoms with Gasteiger partial charge in [0.2, 0.25) is 5.91 Å². The van der Waals surface area contributed by atoms with Crippen LogP contribution >= 0.6 is 11.3 Å². The number of ether oxygens (including phenoxy) is 2. The summed E-state index contributed by atoms with van der Waals surface area (Å²) >= 11 is 1.04. The van der Waals surface area contributed by atoms with E-state index < -0.39 is 5.97 Å². The van der Waals surface area contributed by atoms with Crippen molar-refractivity contribution in [2.24, 2.45) is 0 Å². The van der Waals surface area contributed by atoms with Crippen LogP contribution in [0.3, 0.4) is 0 Å². The Kier molecular flexibility index (Phi) is 8.44. The van der Waals surface area contributed by atoms with E-state index in [1.807, 2.05) is 30.3 Å². The summed E-state index contributed by atoms with van der Waals surface area (Å²) in [5.74, 6) is -0.0931. The molecule has 7 heteroatoms. The molecule has 6 nitrogen and oxygen atoms in total. The lowest BCUT2D eigenvalue weighted by Crippen LogP contribution is -2.07. The highest BCUT2D eigenvalue weighted by Crippen LogP contribution is 2.33. The van der Waals surface area contributed by atoms with Crippen LogP contribution in [0.15, 0.2) is 30.3 Å². The van der Waals surface area contributed by atoms with E-state index in [0.717, 1.165) is 35.5 Å². The number of esters is 1. The maximum absolute atomic E-state index is 12.3. The zero-order valence-corrected chi connectivity index (χ0v) is 17.6. The number of unbranched alkanes of at least 4 members (excludes halogenated alkanes) is 1. The Labute approximate surface area is 174 Å². The van der Waals surface area contributed by atoms with E-state index in [1.54, 1.807) is 19.9 Å². The standard InChI is InChI=1S/C22H24N2O4S/c1-4-6-13-28-17-10-7-16(8-11-17)9-12-19(25)24-21-18(14-23)15(3)20(29-21)22(26)27-5-2/h7-12H,4-6,13H2,1-3H3,(H,24,25)/b12-9+. The van der Waals surface area contributed by atoms with Crippen molar-refractivity contribution in [1.29, 1.82) is 5.26 Å². The first-order valence-corrected chi connectivity index (χ1v) is 10.2. The summed E-state index contributed by atoms with van der Waals surface area (Å²) in [6.45, 7) is 6.41. The third-order valence-electron chi connectivity index (χ3n) is 4.03. The molecule has 0 atom stereocenters. The number of nitrogens with zero attached hydrogens (tertiary/aromatic N) is 1. The number of nitrogens with one attached hydrogen (secondary N) is 1. The first kappa shape index (κ1) is 22.2. The third-order valence-corrected chi connectivity index (χ3v) is 5.22. The van der Waals surface area contributed by atoms with Gasteiger partial charge in [0.1, 0.15) is 21.7 Å². The number of hydrogen-bond donors (Lipinski definition) is 1. The minimum Gasteiger partial charge on any atom is -0.494 e. The van der Waals surface area contributed by atoms with Crippen molar-refractivity contribution >= 4 is 34.3 Å². The summed E-state index contributed by atoms with van der Waals surface area (Å²) in [7, 11) is 0. The second kappa shape index (κ2) is 11.0. The quantitative estimate of drug-likeness (QED) is 0.358. The Morgan fingerprint density at radius 3 is 2.59 bits per heavy atom. The second-order valence-corrected chi connectivity index (χ2v) is 7.21. The molecule has 0 saturated carbocycles. The Hall–Kier alpha value is -3.11. The monoisotopic (exact) mass is 412 g/mol. The molecule has 0 aliphatic heterocycles. The fourth-order valence-corrected chi connectivity index (χ4v) is 3.52. The molecule has 2 rings (SSSR count). The average molecular weight is 413 g/mol. The molecule has 1 aromatic heterocycles. The van der Waals surface area contributed by atoms with Crippen LogP contribution < -0.4 is 10.1 Å². The number of anilines is 1. The number of rotatable bonds is 9. The molecular formula is C22H24N2O4S. The summed E-state index contributed by atoms with van der Waals surface area (Å²) in [6.07, 6.45) is 5.14. The maximum atomic E-state index is 12.3. The van der Waals surface area contributed by atoms with Crippen molar-refractivity contribution in [3.05, 3.63) is 51.9 Å². The molecule has 0 spiro atoms. The molecule has 29 heavy (non-hydrogen) atoms. The van der Waals surface area contributed by atoms with Crippen LogP contribution in [-0.4, -0.2) is 25.1 Å². The molecule has 0 fully saturated rings. The van der Waals surface area contributed by atoms with E-state index in [0.29, 0.717) is 22.0 Å². The normalized spacial score (nSPS) is 10.6. The zero-order valence-electron chi connectivity index (χ0n) is 16.8. The summed E-state index contributed by atoms with van der Waals surface area (Å²) in [4.78, 5) is 24.6. The Bertz CT molecular complexity index is 924. The Morgan fingerprint density at radius 2 is 1.97 bits per heavy atom.